The Morgan fingerprint density at radius 3 is 0.862 bits per heavy atom. The van der Waals surface area contributed by atoms with E-state index in [-0.39, 0.29) is 12.8 Å². The molecule has 0 spiro atoms. The molecule has 0 saturated heterocycles. The summed E-state index contributed by atoms with van der Waals surface area (Å²) in [4.78, 5) is 19.5. The minimum atomic E-state index is -1.14. The zero-order valence-corrected chi connectivity index (χ0v) is 38.9. The number of quaternary nitrogens is 2. The van der Waals surface area contributed by atoms with Crippen LogP contribution < -0.4 is 10.2 Å². The van der Waals surface area contributed by atoms with Gasteiger partial charge in [0.05, 0.1) is 41.3 Å². The van der Waals surface area contributed by atoms with Crippen molar-refractivity contribution in [2.45, 2.75) is 207 Å². The van der Waals surface area contributed by atoms with Crippen LogP contribution in [0.1, 0.15) is 205 Å². The van der Waals surface area contributed by atoms with E-state index in [1.165, 1.54) is 178 Å². The fourth-order valence-electron chi connectivity index (χ4n) is 7.61. The number of carboxylic acids is 2. The Morgan fingerprint density at radius 1 is 0.379 bits per heavy atom. The van der Waals surface area contributed by atoms with Crippen LogP contribution in [-0.2, 0) is 22.7 Å². The molecular formula is C52H92N2O4. The van der Waals surface area contributed by atoms with Crippen molar-refractivity contribution in [3.05, 3.63) is 71.8 Å². The molecule has 0 atom stereocenters. The van der Waals surface area contributed by atoms with Crippen LogP contribution in [0.4, 0.5) is 0 Å². The Kier molecular flexibility index (Phi) is 36.7. The van der Waals surface area contributed by atoms with Gasteiger partial charge in [0, 0.05) is 23.1 Å². The number of hydrogen-bond donors (Lipinski definition) is 0. The summed E-state index contributed by atoms with van der Waals surface area (Å²) < 4.78 is 2.23. The first-order valence-electron chi connectivity index (χ1n) is 24.0. The lowest BCUT2D eigenvalue weighted by molar-refractivity contribution is -0.903. The van der Waals surface area contributed by atoms with E-state index in [0.29, 0.717) is 12.8 Å². The molecule has 0 aliphatic carbocycles. The first-order valence-corrected chi connectivity index (χ1v) is 24.0. The van der Waals surface area contributed by atoms with E-state index in [2.05, 4.69) is 103 Å². The van der Waals surface area contributed by atoms with E-state index in [9.17, 15) is 19.8 Å². The number of benzene rings is 2. The summed E-state index contributed by atoms with van der Waals surface area (Å²) in [6.07, 6.45) is 34.9. The zero-order valence-electron chi connectivity index (χ0n) is 38.9. The number of nitrogens with zero attached hydrogens (tertiary/aromatic N) is 2. The van der Waals surface area contributed by atoms with Gasteiger partial charge in [-0.25, -0.2) is 0 Å². The van der Waals surface area contributed by atoms with Crippen LogP contribution in [-0.4, -0.2) is 62.2 Å². The molecule has 6 nitrogen and oxygen atoms in total. The van der Waals surface area contributed by atoms with Crippen LogP contribution in [0.2, 0.25) is 0 Å². The van der Waals surface area contributed by atoms with Crippen molar-refractivity contribution in [3.8, 4) is 0 Å². The Hall–Kier alpha value is -2.70. The van der Waals surface area contributed by atoms with Crippen molar-refractivity contribution in [2.24, 2.45) is 0 Å². The smallest absolute Gasteiger partial charge is 0.104 e. The fraction of sp³-hybridized carbons (Fsp3) is 0.731. The molecule has 2 rings (SSSR count). The normalized spacial score (nSPS) is 11.3. The molecule has 0 N–H and O–H groups in total. The average Bonchev–Trinajstić information content (AvgIpc) is 3.18. The molecule has 0 aliphatic heterocycles. The van der Waals surface area contributed by atoms with Crippen molar-refractivity contribution in [1.82, 2.24) is 0 Å². The summed E-state index contributed by atoms with van der Waals surface area (Å²) in [5, 5.41) is 19.5. The summed E-state index contributed by atoms with van der Waals surface area (Å²) in [5.74, 6) is -2.28. The molecule has 0 radical (unpaired) electrons. The van der Waals surface area contributed by atoms with Gasteiger partial charge in [0.25, 0.3) is 0 Å². The van der Waals surface area contributed by atoms with Gasteiger partial charge in [-0.3, -0.25) is 0 Å². The highest BCUT2D eigenvalue weighted by Crippen LogP contribution is 2.16. The largest absolute Gasteiger partial charge is 0.550 e. The minimum absolute atomic E-state index is 0.0761. The Bertz CT molecular complexity index is 1090. The number of carbonyl (C=O) groups excluding carboxylic acids is 2. The summed E-state index contributed by atoms with van der Waals surface area (Å²) in [5.41, 5.74) is 2.92. The van der Waals surface area contributed by atoms with Crippen LogP contribution >= 0.6 is 0 Å². The quantitative estimate of drug-likeness (QED) is 0.0513. The van der Waals surface area contributed by atoms with Gasteiger partial charge < -0.3 is 28.8 Å². The molecule has 0 heterocycles. The van der Waals surface area contributed by atoms with Gasteiger partial charge in [0.2, 0.25) is 0 Å². The molecule has 0 aromatic heterocycles. The molecular weight excluding hydrogens is 717 g/mol. The van der Waals surface area contributed by atoms with Gasteiger partial charge in [-0.2, -0.15) is 0 Å². The zero-order chi connectivity index (χ0) is 43.0. The Labute approximate surface area is 359 Å². The second kappa shape index (κ2) is 38.5. The Morgan fingerprint density at radius 2 is 0.621 bits per heavy atom. The van der Waals surface area contributed by atoms with Crippen molar-refractivity contribution >= 4 is 11.9 Å². The second-order valence-electron chi connectivity index (χ2n) is 18.3. The maximum Gasteiger partial charge on any atom is 0.104 e. The molecule has 0 saturated carbocycles. The highest BCUT2D eigenvalue weighted by molar-refractivity contribution is 5.65. The highest BCUT2D eigenvalue weighted by atomic mass is 16.4. The van der Waals surface area contributed by atoms with Crippen LogP contribution in [0, 0.1) is 0 Å². The van der Waals surface area contributed by atoms with Gasteiger partial charge in [-0.15, -0.1) is 0 Å². The van der Waals surface area contributed by atoms with Crippen molar-refractivity contribution < 1.29 is 28.8 Å². The molecule has 6 heteroatoms. The van der Waals surface area contributed by atoms with Gasteiger partial charge in [0.15, 0.2) is 0 Å². The van der Waals surface area contributed by atoms with E-state index in [1.807, 2.05) is 0 Å². The lowest BCUT2D eigenvalue weighted by atomic mass is 10.1. The monoisotopic (exact) mass is 809 g/mol. The van der Waals surface area contributed by atoms with Gasteiger partial charge in [-0.05, 0) is 51.4 Å². The number of unbranched alkanes of at least 4 members (excludes halogenated alkanes) is 23. The standard InChI is InChI=1S/2C23H42N.C6H10O4/c2*1-4-5-6-7-8-9-10-11-12-13-14-18-21-24(2,3)22-23-19-16-15-17-20-23;7-5(8)3-1-2-4-6(9)10/h2*15-17,19-20H,4-14,18,21-22H2,1-3H3;1-4H2,(H,7,8)(H,9,10)/q2*+1;/p-2. The van der Waals surface area contributed by atoms with E-state index in [1.54, 1.807) is 0 Å². The summed E-state index contributed by atoms with van der Waals surface area (Å²) in [6.45, 7) is 9.49. The van der Waals surface area contributed by atoms with E-state index in [0.717, 1.165) is 22.1 Å². The van der Waals surface area contributed by atoms with Crippen LogP contribution in [0.15, 0.2) is 60.7 Å². The first kappa shape index (κ1) is 55.3. The predicted octanol–water partition coefficient (Wildman–Crippen LogP) is 12.0. The number of carbonyl (C=O) groups is 2. The lowest BCUT2D eigenvalue weighted by Crippen LogP contribution is -2.39. The van der Waals surface area contributed by atoms with E-state index < -0.39 is 11.9 Å². The predicted molar refractivity (Wildman–Crippen MR) is 245 cm³/mol. The van der Waals surface area contributed by atoms with Crippen molar-refractivity contribution in [3.63, 3.8) is 0 Å². The van der Waals surface area contributed by atoms with E-state index >= 15 is 0 Å². The van der Waals surface area contributed by atoms with Crippen molar-refractivity contribution in [1.29, 1.82) is 0 Å². The number of rotatable bonds is 35. The van der Waals surface area contributed by atoms with E-state index in [4.69, 9.17) is 0 Å². The maximum absolute atomic E-state index is 9.77. The Balaban J connectivity index is 0.000000912. The van der Waals surface area contributed by atoms with Crippen LogP contribution in [0.25, 0.3) is 0 Å². The molecule has 0 bridgehead atoms. The van der Waals surface area contributed by atoms with Gasteiger partial charge in [-0.1, -0.05) is 203 Å². The molecule has 334 valence electrons. The summed E-state index contributed by atoms with van der Waals surface area (Å²) >= 11 is 0. The third kappa shape index (κ3) is 40.1. The minimum Gasteiger partial charge on any atom is -0.550 e. The molecule has 58 heavy (non-hydrogen) atoms. The molecule has 0 amide bonds. The van der Waals surface area contributed by atoms with Crippen LogP contribution in [0.5, 0.6) is 0 Å². The summed E-state index contributed by atoms with van der Waals surface area (Å²) in [7, 11) is 9.47. The number of carboxylic acid groups (broad SMARTS) is 2. The highest BCUT2D eigenvalue weighted by Gasteiger charge is 2.16. The lowest BCUT2D eigenvalue weighted by Gasteiger charge is -2.30. The third-order valence-corrected chi connectivity index (χ3v) is 11.2. The average molecular weight is 809 g/mol. The molecule has 2 aromatic rings. The molecule has 2 aromatic carbocycles. The molecule has 0 fully saturated rings. The number of aliphatic carboxylic acids is 2. The maximum atomic E-state index is 9.77. The molecule has 0 unspecified atom stereocenters. The topological polar surface area (TPSA) is 80.3 Å². The summed E-state index contributed by atoms with van der Waals surface area (Å²) in [6, 6.07) is 21.8. The number of hydrogen-bond acceptors (Lipinski definition) is 4. The first-order chi connectivity index (χ1) is 27.9. The van der Waals surface area contributed by atoms with Crippen LogP contribution in [0.3, 0.4) is 0 Å². The second-order valence-corrected chi connectivity index (χ2v) is 18.3. The third-order valence-electron chi connectivity index (χ3n) is 11.2. The van der Waals surface area contributed by atoms with Gasteiger partial charge >= 0.3 is 0 Å². The SMILES string of the molecule is CCCCCCCCCCCCCC[N+](C)(C)Cc1ccccc1.CCCCCCCCCCCCCC[N+](C)(C)Cc1ccccc1.O=C([O-])CCCCC(=O)[O-]. The van der Waals surface area contributed by atoms with Crippen molar-refractivity contribution in [2.75, 3.05) is 41.3 Å². The fourth-order valence-corrected chi connectivity index (χ4v) is 7.61. The van der Waals surface area contributed by atoms with Gasteiger partial charge in [0.1, 0.15) is 13.1 Å². The molecule has 0 aliphatic rings.